The Labute approximate surface area is 103 Å². The van der Waals surface area contributed by atoms with Gasteiger partial charge in [0.2, 0.25) is 0 Å². The number of nitrogens with one attached hydrogen (secondary N) is 1. The molecule has 0 spiro atoms. The van der Waals surface area contributed by atoms with Crippen molar-refractivity contribution in [2.24, 2.45) is 0 Å². The van der Waals surface area contributed by atoms with E-state index in [0.717, 1.165) is 11.2 Å². The van der Waals surface area contributed by atoms with Gasteiger partial charge < -0.3 is 4.98 Å². The quantitative estimate of drug-likeness (QED) is 0.791. The van der Waals surface area contributed by atoms with Crippen LogP contribution in [0.2, 0.25) is 0 Å². The van der Waals surface area contributed by atoms with Crippen LogP contribution in [-0.4, -0.2) is 23.0 Å². The minimum Gasteiger partial charge on any atom is -0.350 e. The molecule has 0 aliphatic carbocycles. The number of aromatic nitrogens is 1. The Kier molecular flexibility index (Phi) is 3.77. The molecule has 0 saturated carbocycles. The van der Waals surface area contributed by atoms with E-state index in [1.54, 1.807) is 0 Å². The molecule has 1 N–H and O–H groups in total. The predicted octanol–water partition coefficient (Wildman–Crippen LogP) is 3.60. The van der Waals surface area contributed by atoms with Crippen LogP contribution in [-0.2, 0) is 0 Å². The summed E-state index contributed by atoms with van der Waals surface area (Å²) in [6, 6.07) is 4.80. The zero-order chi connectivity index (χ0) is 11.5. The SMILES string of the molecule is CCN1CCCCC1c1ccc(=S)[nH]c1C. The first kappa shape index (κ1) is 11.8. The monoisotopic (exact) mass is 236 g/mol. The minimum absolute atomic E-state index is 0.589. The number of hydrogen-bond donors (Lipinski definition) is 1. The summed E-state index contributed by atoms with van der Waals surface area (Å²) in [6.07, 6.45) is 3.96. The third-order valence-corrected chi connectivity index (χ3v) is 3.77. The molecule has 1 aliphatic rings. The van der Waals surface area contributed by atoms with Crippen LogP contribution in [0.3, 0.4) is 0 Å². The van der Waals surface area contributed by atoms with Gasteiger partial charge in [0, 0.05) is 11.7 Å². The number of rotatable bonds is 2. The molecule has 0 aromatic carbocycles. The number of pyridine rings is 1. The summed E-state index contributed by atoms with van der Waals surface area (Å²) >= 11 is 5.15. The number of aromatic amines is 1. The maximum absolute atomic E-state index is 5.15. The summed E-state index contributed by atoms with van der Waals surface area (Å²) < 4.78 is 0.833. The van der Waals surface area contributed by atoms with E-state index in [1.165, 1.54) is 37.1 Å². The van der Waals surface area contributed by atoms with Crippen molar-refractivity contribution in [1.82, 2.24) is 9.88 Å². The molecule has 1 atom stereocenters. The highest BCUT2D eigenvalue weighted by Crippen LogP contribution is 2.31. The smallest absolute Gasteiger partial charge is 0.103 e. The van der Waals surface area contributed by atoms with Crippen molar-refractivity contribution < 1.29 is 0 Å². The second-order valence-electron chi connectivity index (χ2n) is 4.54. The van der Waals surface area contributed by atoms with E-state index in [4.69, 9.17) is 12.2 Å². The normalized spacial score (nSPS) is 22.2. The van der Waals surface area contributed by atoms with Gasteiger partial charge in [0.15, 0.2) is 0 Å². The van der Waals surface area contributed by atoms with E-state index in [9.17, 15) is 0 Å². The highest BCUT2D eigenvalue weighted by atomic mass is 32.1. The van der Waals surface area contributed by atoms with E-state index < -0.39 is 0 Å². The summed E-state index contributed by atoms with van der Waals surface area (Å²) in [5, 5.41) is 0. The van der Waals surface area contributed by atoms with E-state index in [-0.39, 0.29) is 0 Å². The molecule has 0 amide bonds. The van der Waals surface area contributed by atoms with Gasteiger partial charge in [0.25, 0.3) is 0 Å². The van der Waals surface area contributed by atoms with Crippen LogP contribution in [0.15, 0.2) is 12.1 Å². The fourth-order valence-electron chi connectivity index (χ4n) is 2.67. The van der Waals surface area contributed by atoms with Gasteiger partial charge in [-0.15, -0.1) is 0 Å². The Hall–Kier alpha value is -0.670. The molecule has 2 rings (SSSR count). The molecule has 1 aromatic rings. The van der Waals surface area contributed by atoms with Gasteiger partial charge in [0.05, 0.1) is 0 Å². The van der Waals surface area contributed by atoms with Gasteiger partial charge in [-0.25, -0.2) is 0 Å². The second-order valence-corrected chi connectivity index (χ2v) is 4.98. The van der Waals surface area contributed by atoms with Crippen molar-refractivity contribution in [3.8, 4) is 0 Å². The van der Waals surface area contributed by atoms with Crippen LogP contribution in [0.5, 0.6) is 0 Å². The van der Waals surface area contributed by atoms with Crippen LogP contribution in [0.25, 0.3) is 0 Å². The lowest BCUT2D eigenvalue weighted by molar-refractivity contribution is 0.156. The highest BCUT2D eigenvalue weighted by molar-refractivity contribution is 7.71. The van der Waals surface area contributed by atoms with Gasteiger partial charge in [-0.05, 0) is 44.5 Å². The van der Waals surface area contributed by atoms with Crippen molar-refractivity contribution in [3.63, 3.8) is 0 Å². The molecule has 0 radical (unpaired) electrons. The average molecular weight is 236 g/mol. The number of nitrogens with zero attached hydrogens (tertiary/aromatic N) is 1. The molecule has 1 aliphatic heterocycles. The van der Waals surface area contributed by atoms with Crippen molar-refractivity contribution in [1.29, 1.82) is 0 Å². The zero-order valence-electron chi connectivity index (χ0n) is 10.1. The molecule has 16 heavy (non-hydrogen) atoms. The third kappa shape index (κ3) is 2.36. The molecule has 0 bridgehead atoms. The highest BCUT2D eigenvalue weighted by Gasteiger charge is 2.23. The topological polar surface area (TPSA) is 19.0 Å². The number of likely N-dealkylation sites (tertiary alicyclic amines) is 1. The van der Waals surface area contributed by atoms with Crippen LogP contribution in [0.4, 0.5) is 0 Å². The Morgan fingerprint density at radius 3 is 2.94 bits per heavy atom. The Bertz CT molecular complexity index is 411. The number of hydrogen-bond acceptors (Lipinski definition) is 2. The van der Waals surface area contributed by atoms with Crippen molar-refractivity contribution in [2.45, 2.75) is 39.2 Å². The summed E-state index contributed by atoms with van der Waals surface area (Å²) in [6.45, 7) is 6.75. The molecule has 1 aromatic heterocycles. The Morgan fingerprint density at radius 2 is 2.25 bits per heavy atom. The maximum atomic E-state index is 5.15. The summed E-state index contributed by atoms with van der Waals surface area (Å²) in [5.74, 6) is 0. The van der Waals surface area contributed by atoms with Crippen LogP contribution in [0, 0.1) is 11.6 Å². The third-order valence-electron chi connectivity index (χ3n) is 3.54. The van der Waals surface area contributed by atoms with Gasteiger partial charge in [-0.3, -0.25) is 4.90 Å². The standard InChI is InChI=1S/C13H20N2S/c1-3-15-9-5-4-6-12(15)11-7-8-13(16)14-10(11)2/h7-8,12H,3-6,9H2,1-2H3,(H,14,16). The zero-order valence-corrected chi connectivity index (χ0v) is 10.9. The first-order valence-corrected chi connectivity index (χ1v) is 6.57. The largest absolute Gasteiger partial charge is 0.350 e. The van der Waals surface area contributed by atoms with E-state index in [0.29, 0.717) is 6.04 Å². The lowest BCUT2D eigenvalue weighted by Crippen LogP contribution is -2.33. The van der Waals surface area contributed by atoms with Crippen LogP contribution >= 0.6 is 12.2 Å². The second kappa shape index (κ2) is 5.11. The fourth-order valence-corrected chi connectivity index (χ4v) is 2.89. The minimum atomic E-state index is 0.589. The van der Waals surface area contributed by atoms with Crippen molar-refractivity contribution in [2.75, 3.05) is 13.1 Å². The van der Waals surface area contributed by atoms with Gasteiger partial charge >= 0.3 is 0 Å². The molecule has 3 heteroatoms. The Morgan fingerprint density at radius 1 is 1.44 bits per heavy atom. The van der Waals surface area contributed by atoms with Crippen molar-refractivity contribution in [3.05, 3.63) is 28.0 Å². The molecule has 1 unspecified atom stereocenters. The molecule has 88 valence electrons. The summed E-state index contributed by atoms with van der Waals surface area (Å²) in [4.78, 5) is 5.84. The number of aryl methyl sites for hydroxylation is 1. The average Bonchev–Trinajstić information content (AvgIpc) is 2.29. The first-order chi connectivity index (χ1) is 7.72. The lowest BCUT2D eigenvalue weighted by atomic mass is 9.94. The number of piperidine rings is 1. The van der Waals surface area contributed by atoms with Gasteiger partial charge in [-0.1, -0.05) is 31.6 Å². The Balaban J connectivity index is 2.30. The molecule has 1 fully saturated rings. The predicted molar refractivity (Wildman–Crippen MR) is 70.2 cm³/mol. The lowest BCUT2D eigenvalue weighted by Gasteiger charge is -2.35. The van der Waals surface area contributed by atoms with Crippen LogP contribution < -0.4 is 0 Å². The van der Waals surface area contributed by atoms with E-state index in [1.807, 2.05) is 6.07 Å². The molecule has 2 heterocycles. The van der Waals surface area contributed by atoms with Crippen LogP contribution in [0.1, 0.15) is 43.5 Å². The van der Waals surface area contributed by atoms with Gasteiger partial charge in [0.1, 0.15) is 4.64 Å². The molecule has 1 saturated heterocycles. The fraction of sp³-hybridized carbons (Fsp3) is 0.615. The van der Waals surface area contributed by atoms with E-state index in [2.05, 4.69) is 29.8 Å². The molecular weight excluding hydrogens is 216 g/mol. The summed E-state index contributed by atoms with van der Waals surface area (Å²) in [7, 11) is 0. The molecular formula is C13H20N2S. The maximum Gasteiger partial charge on any atom is 0.103 e. The van der Waals surface area contributed by atoms with Crippen molar-refractivity contribution >= 4 is 12.2 Å². The summed E-state index contributed by atoms with van der Waals surface area (Å²) in [5.41, 5.74) is 2.66. The molecule has 2 nitrogen and oxygen atoms in total. The first-order valence-electron chi connectivity index (χ1n) is 6.16. The van der Waals surface area contributed by atoms with Gasteiger partial charge in [-0.2, -0.15) is 0 Å². The van der Waals surface area contributed by atoms with E-state index >= 15 is 0 Å². The number of H-pyrrole nitrogens is 1.